The first-order valence-corrected chi connectivity index (χ1v) is 5.67. The molecule has 90 valence electrons. The summed E-state index contributed by atoms with van der Waals surface area (Å²) in [4.78, 5) is 11.0. The van der Waals surface area contributed by atoms with E-state index in [0.717, 1.165) is 11.3 Å². The normalized spacial score (nSPS) is 19.1. The molecule has 1 aromatic heterocycles. The van der Waals surface area contributed by atoms with Gasteiger partial charge in [0.25, 0.3) is 0 Å². The molecule has 2 heterocycles. The van der Waals surface area contributed by atoms with Crippen LogP contribution in [-0.4, -0.2) is 23.1 Å². The summed E-state index contributed by atoms with van der Waals surface area (Å²) >= 11 is 0. The van der Waals surface area contributed by atoms with E-state index in [1.165, 1.54) is 0 Å². The Hall–Kier alpha value is -1.80. The lowest BCUT2D eigenvalue weighted by atomic mass is 10.2. The van der Waals surface area contributed by atoms with Crippen LogP contribution in [0, 0.1) is 18.3 Å². The molecule has 1 unspecified atom stereocenters. The predicted molar refractivity (Wildman–Crippen MR) is 63.1 cm³/mol. The molecule has 5 heteroatoms. The van der Waals surface area contributed by atoms with Gasteiger partial charge >= 0.3 is 0 Å². The third-order valence-electron chi connectivity index (χ3n) is 3.31. The number of amides is 1. The van der Waals surface area contributed by atoms with Gasteiger partial charge in [-0.2, -0.15) is 5.26 Å². The lowest BCUT2D eigenvalue weighted by Crippen LogP contribution is -2.30. The van der Waals surface area contributed by atoms with Crippen LogP contribution in [0.5, 0.6) is 0 Å². The summed E-state index contributed by atoms with van der Waals surface area (Å²) in [5.74, 6) is 0.102. The number of hydrogen-bond donors (Lipinski definition) is 2. The number of rotatable bonds is 3. The lowest BCUT2D eigenvalue weighted by Gasteiger charge is -2.10. The van der Waals surface area contributed by atoms with E-state index >= 15 is 0 Å². The molecule has 0 radical (unpaired) electrons. The van der Waals surface area contributed by atoms with E-state index in [4.69, 9.17) is 5.26 Å². The van der Waals surface area contributed by atoms with Gasteiger partial charge in [0.2, 0.25) is 5.91 Å². The molecule has 0 aromatic carbocycles. The van der Waals surface area contributed by atoms with Gasteiger partial charge in [-0.25, -0.2) is 0 Å². The second-order valence-corrected chi connectivity index (χ2v) is 4.40. The molecular formula is C12H16N4O. The number of nitrogens with one attached hydrogen (secondary N) is 2. The zero-order chi connectivity index (χ0) is 12.4. The third-order valence-corrected chi connectivity index (χ3v) is 3.31. The van der Waals surface area contributed by atoms with E-state index in [1.54, 1.807) is 0 Å². The highest BCUT2D eigenvalue weighted by Gasteiger charge is 2.21. The van der Waals surface area contributed by atoms with Gasteiger partial charge in [0.05, 0.1) is 0 Å². The monoisotopic (exact) mass is 232 g/mol. The Kier molecular flexibility index (Phi) is 3.16. The Morgan fingerprint density at radius 1 is 1.71 bits per heavy atom. The van der Waals surface area contributed by atoms with Crippen LogP contribution in [0.2, 0.25) is 0 Å². The van der Waals surface area contributed by atoms with Crippen molar-refractivity contribution < 1.29 is 4.79 Å². The van der Waals surface area contributed by atoms with Gasteiger partial charge in [-0.1, -0.05) is 0 Å². The number of nitriles is 1. The molecule has 0 aliphatic carbocycles. The zero-order valence-corrected chi connectivity index (χ0v) is 10.1. The molecular weight excluding hydrogens is 216 g/mol. The fraction of sp³-hybridized carbons (Fsp3) is 0.500. The van der Waals surface area contributed by atoms with Gasteiger partial charge in [-0.3, -0.25) is 4.79 Å². The minimum atomic E-state index is 0.102. The molecule has 5 nitrogen and oxygen atoms in total. The van der Waals surface area contributed by atoms with Gasteiger partial charge in [-0.15, -0.1) is 0 Å². The van der Waals surface area contributed by atoms with Crippen molar-refractivity contribution >= 4 is 5.91 Å². The van der Waals surface area contributed by atoms with Crippen molar-refractivity contribution in [3.8, 4) is 6.07 Å². The van der Waals surface area contributed by atoms with Crippen molar-refractivity contribution in [3.05, 3.63) is 23.0 Å². The van der Waals surface area contributed by atoms with Crippen LogP contribution in [0.3, 0.4) is 0 Å². The summed E-state index contributed by atoms with van der Waals surface area (Å²) < 4.78 is 1.88. The van der Waals surface area contributed by atoms with Crippen LogP contribution in [0.15, 0.2) is 6.07 Å². The van der Waals surface area contributed by atoms with Crippen LogP contribution in [0.25, 0.3) is 0 Å². The molecule has 1 aromatic rings. The molecule has 2 N–H and O–H groups in total. The van der Waals surface area contributed by atoms with Crippen LogP contribution in [0.1, 0.15) is 23.4 Å². The minimum Gasteiger partial charge on any atom is -0.354 e. The standard InChI is InChI=1S/C12H16N4O/c1-8-9(3-11(5-13)16(8)2)6-14-10-4-12(17)15-7-10/h3,10,14H,4,6-7H2,1-2H3,(H,15,17). The lowest BCUT2D eigenvalue weighted by molar-refractivity contribution is -0.119. The van der Waals surface area contributed by atoms with Gasteiger partial charge in [0.15, 0.2) is 0 Å². The molecule has 0 spiro atoms. The van der Waals surface area contributed by atoms with Crippen molar-refractivity contribution in [1.82, 2.24) is 15.2 Å². The summed E-state index contributed by atoms with van der Waals surface area (Å²) in [6, 6.07) is 4.26. The molecule has 17 heavy (non-hydrogen) atoms. The summed E-state index contributed by atoms with van der Waals surface area (Å²) in [6.45, 7) is 3.38. The van der Waals surface area contributed by atoms with Gasteiger partial charge in [-0.05, 0) is 18.6 Å². The summed E-state index contributed by atoms with van der Waals surface area (Å²) in [6.07, 6.45) is 0.539. The number of nitrogens with zero attached hydrogens (tertiary/aromatic N) is 2. The number of carbonyl (C=O) groups excluding carboxylic acids is 1. The van der Waals surface area contributed by atoms with E-state index in [1.807, 2.05) is 24.6 Å². The zero-order valence-electron chi connectivity index (χ0n) is 10.1. The highest BCUT2D eigenvalue weighted by atomic mass is 16.1. The molecule has 0 saturated carbocycles. The average molecular weight is 232 g/mol. The maximum atomic E-state index is 11.0. The highest BCUT2D eigenvalue weighted by Crippen LogP contribution is 2.13. The molecule has 1 atom stereocenters. The van der Waals surface area contributed by atoms with Crippen LogP contribution >= 0.6 is 0 Å². The van der Waals surface area contributed by atoms with Crippen molar-refractivity contribution in [2.24, 2.45) is 7.05 Å². The van der Waals surface area contributed by atoms with E-state index in [-0.39, 0.29) is 11.9 Å². The Bertz CT molecular complexity index is 483. The molecule has 1 aliphatic rings. The fourth-order valence-electron chi connectivity index (χ4n) is 2.05. The molecule has 1 fully saturated rings. The Labute approximate surface area is 100 Å². The topological polar surface area (TPSA) is 69.8 Å². The Morgan fingerprint density at radius 2 is 2.47 bits per heavy atom. The molecule has 0 bridgehead atoms. The largest absolute Gasteiger partial charge is 0.354 e. The Morgan fingerprint density at radius 3 is 3.00 bits per heavy atom. The summed E-state index contributed by atoms with van der Waals surface area (Å²) in [5, 5.41) is 15.0. The van der Waals surface area contributed by atoms with Crippen molar-refractivity contribution in [2.75, 3.05) is 6.54 Å². The summed E-state index contributed by atoms with van der Waals surface area (Å²) in [7, 11) is 1.89. The quantitative estimate of drug-likeness (QED) is 0.781. The number of carbonyl (C=O) groups is 1. The van der Waals surface area contributed by atoms with Crippen molar-refractivity contribution in [2.45, 2.75) is 25.9 Å². The van der Waals surface area contributed by atoms with E-state index in [0.29, 0.717) is 25.2 Å². The van der Waals surface area contributed by atoms with Crippen LogP contribution < -0.4 is 10.6 Å². The molecule has 1 amide bonds. The SMILES string of the molecule is Cc1c(CNC2CNC(=O)C2)cc(C#N)n1C. The van der Waals surface area contributed by atoms with Gasteiger partial charge in [0, 0.05) is 38.3 Å². The first-order chi connectivity index (χ1) is 8.11. The molecule has 2 rings (SSSR count). The van der Waals surface area contributed by atoms with Crippen LogP contribution in [-0.2, 0) is 18.4 Å². The number of aromatic nitrogens is 1. The predicted octanol–water partition coefficient (Wildman–Crippen LogP) is 0.183. The second-order valence-electron chi connectivity index (χ2n) is 4.40. The third kappa shape index (κ3) is 2.32. The maximum Gasteiger partial charge on any atom is 0.221 e. The minimum absolute atomic E-state index is 0.102. The van der Waals surface area contributed by atoms with E-state index < -0.39 is 0 Å². The number of hydrogen-bond acceptors (Lipinski definition) is 3. The summed E-state index contributed by atoms with van der Waals surface area (Å²) in [5.41, 5.74) is 2.87. The Balaban J connectivity index is 2.00. The first kappa shape index (κ1) is 11.7. The smallest absolute Gasteiger partial charge is 0.221 e. The second kappa shape index (κ2) is 4.60. The van der Waals surface area contributed by atoms with Gasteiger partial charge in [0.1, 0.15) is 11.8 Å². The van der Waals surface area contributed by atoms with Crippen molar-refractivity contribution in [1.29, 1.82) is 5.26 Å². The fourth-order valence-corrected chi connectivity index (χ4v) is 2.05. The average Bonchev–Trinajstić information content (AvgIpc) is 2.84. The first-order valence-electron chi connectivity index (χ1n) is 5.67. The van der Waals surface area contributed by atoms with Crippen LogP contribution in [0.4, 0.5) is 0 Å². The van der Waals surface area contributed by atoms with E-state index in [9.17, 15) is 4.79 Å². The van der Waals surface area contributed by atoms with E-state index in [2.05, 4.69) is 16.7 Å². The highest BCUT2D eigenvalue weighted by molar-refractivity contribution is 5.78. The maximum absolute atomic E-state index is 11.0. The van der Waals surface area contributed by atoms with Crippen molar-refractivity contribution in [3.63, 3.8) is 0 Å². The van der Waals surface area contributed by atoms with Gasteiger partial charge < -0.3 is 15.2 Å². The molecule has 1 saturated heterocycles. The molecule has 1 aliphatic heterocycles.